The van der Waals surface area contributed by atoms with Gasteiger partial charge >= 0.3 is 5.97 Å². The summed E-state index contributed by atoms with van der Waals surface area (Å²) in [4.78, 5) is 24.6. The SMILES string of the molecule is Cc1cc(NC(=O)C(C)OC(=O)CSc2nnc(-c3ccccc3)n2-c2ccccc2)no1. The van der Waals surface area contributed by atoms with Crippen LogP contribution in [0.4, 0.5) is 5.82 Å². The Morgan fingerprint density at radius 3 is 2.45 bits per heavy atom. The first-order valence-electron chi connectivity index (χ1n) is 10.1. The molecule has 0 saturated heterocycles. The Labute approximate surface area is 194 Å². The number of nitrogens with one attached hydrogen (secondary N) is 1. The van der Waals surface area contributed by atoms with Crippen LogP contribution in [0, 0.1) is 6.92 Å². The molecule has 33 heavy (non-hydrogen) atoms. The smallest absolute Gasteiger partial charge is 0.317 e. The average molecular weight is 464 g/mol. The van der Waals surface area contributed by atoms with E-state index in [2.05, 4.69) is 20.7 Å². The maximum absolute atomic E-state index is 12.4. The van der Waals surface area contributed by atoms with E-state index >= 15 is 0 Å². The molecule has 4 aromatic rings. The van der Waals surface area contributed by atoms with Gasteiger partial charge in [0.05, 0.1) is 5.75 Å². The van der Waals surface area contributed by atoms with Gasteiger partial charge in [0, 0.05) is 17.3 Å². The van der Waals surface area contributed by atoms with E-state index in [4.69, 9.17) is 9.26 Å². The van der Waals surface area contributed by atoms with Crippen molar-refractivity contribution in [3.8, 4) is 17.1 Å². The molecule has 9 nitrogen and oxygen atoms in total. The molecule has 2 aromatic heterocycles. The summed E-state index contributed by atoms with van der Waals surface area (Å²) in [7, 11) is 0. The summed E-state index contributed by atoms with van der Waals surface area (Å²) in [5, 5.41) is 15.4. The van der Waals surface area contributed by atoms with Crippen LogP contribution < -0.4 is 5.32 Å². The first-order chi connectivity index (χ1) is 16.0. The topological polar surface area (TPSA) is 112 Å². The van der Waals surface area contributed by atoms with E-state index in [1.807, 2.05) is 65.2 Å². The number of carbonyl (C=O) groups excluding carboxylic acids is 2. The number of nitrogens with zero attached hydrogens (tertiary/aromatic N) is 4. The molecule has 1 amide bonds. The van der Waals surface area contributed by atoms with Crippen molar-refractivity contribution in [1.29, 1.82) is 0 Å². The van der Waals surface area contributed by atoms with Crippen molar-refractivity contribution in [2.75, 3.05) is 11.1 Å². The Morgan fingerprint density at radius 2 is 1.79 bits per heavy atom. The predicted octanol–water partition coefficient (Wildman–Crippen LogP) is 3.89. The number of benzene rings is 2. The number of anilines is 1. The molecular weight excluding hydrogens is 442 g/mol. The summed E-state index contributed by atoms with van der Waals surface area (Å²) >= 11 is 1.18. The van der Waals surface area contributed by atoms with Gasteiger partial charge in [-0.15, -0.1) is 10.2 Å². The number of hydrogen-bond acceptors (Lipinski definition) is 8. The minimum atomic E-state index is -0.998. The minimum absolute atomic E-state index is 0.0412. The molecule has 1 N–H and O–H groups in total. The maximum Gasteiger partial charge on any atom is 0.317 e. The van der Waals surface area contributed by atoms with Gasteiger partial charge in [-0.2, -0.15) is 0 Å². The van der Waals surface area contributed by atoms with Gasteiger partial charge in [-0.3, -0.25) is 14.2 Å². The number of rotatable bonds is 8. The van der Waals surface area contributed by atoms with Crippen molar-refractivity contribution in [2.24, 2.45) is 0 Å². The lowest BCUT2D eigenvalue weighted by Gasteiger charge is -2.13. The highest BCUT2D eigenvalue weighted by Gasteiger charge is 2.21. The summed E-state index contributed by atoms with van der Waals surface area (Å²) < 4.78 is 12.1. The summed E-state index contributed by atoms with van der Waals surface area (Å²) in [6, 6.07) is 20.9. The van der Waals surface area contributed by atoms with Crippen molar-refractivity contribution in [2.45, 2.75) is 25.1 Å². The van der Waals surface area contributed by atoms with E-state index in [9.17, 15) is 9.59 Å². The van der Waals surface area contributed by atoms with Gasteiger partial charge < -0.3 is 14.6 Å². The second-order valence-electron chi connectivity index (χ2n) is 7.08. The van der Waals surface area contributed by atoms with Crippen LogP contribution in [0.2, 0.25) is 0 Å². The fourth-order valence-electron chi connectivity index (χ4n) is 3.01. The molecule has 1 atom stereocenters. The lowest BCUT2D eigenvalue weighted by molar-refractivity contribution is -0.150. The largest absolute Gasteiger partial charge is 0.452 e. The first-order valence-corrected chi connectivity index (χ1v) is 11.1. The monoisotopic (exact) mass is 463 g/mol. The van der Waals surface area contributed by atoms with Crippen LogP contribution in [0.5, 0.6) is 0 Å². The first kappa shape index (κ1) is 22.3. The van der Waals surface area contributed by atoms with Gasteiger partial charge in [-0.25, -0.2) is 0 Å². The number of hydrogen-bond donors (Lipinski definition) is 1. The van der Waals surface area contributed by atoms with Crippen molar-refractivity contribution >= 4 is 29.5 Å². The third-order valence-electron chi connectivity index (χ3n) is 4.56. The molecule has 10 heteroatoms. The van der Waals surface area contributed by atoms with Crippen LogP contribution in [-0.2, 0) is 14.3 Å². The Balaban J connectivity index is 1.44. The van der Waals surface area contributed by atoms with Crippen LogP contribution in [0.3, 0.4) is 0 Å². The summed E-state index contributed by atoms with van der Waals surface area (Å²) in [6.45, 7) is 3.20. The minimum Gasteiger partial charge on any atom is -0.452 e. The van der Waals surface area contributed by atoms with Gasteiger partial charge in [0.25, 0.3) is 5.91 Å². The zero-order valence-corrected chi connectivity index (χ0v) is 18.8. The number of carbonyl (C=O) groups is 2. The normalized spacial score (nSPS) is 11.7. The van der Waals surface area contributed by atoms with Gasteiger partial charge in [-0.05, 0) is 26.0 Å². The van der Waals surface area contributed by atoms with E-state index in [1.165, 1.54) is 18.7 Å². The summed E-state index contributed by atoms with van der Waals surface area (Å²) in [5.41, 5.74) is 1.77. The number of aryl methyl sites for hydroxylation is 1. The number of thioether (sulfide) groups is 1. The second-order valence-corrected chi connectivity index (χ2v) is 8.02. The molecular formula is C23H21N5O4S. The fourth-order valence-corrected chi connectivity index (χ4v) is 3.74. The molecule has 2 aromatic carbocycles. The van der Waals surface area contributed by atoms with Crippen LogP contribution in [0.15, 0.2) is 76.4 Å². The fraction of sp³-hybridized carbons (Fsp3) is 0.174. The molecule has 168 valence electrons. The van der Waals surface area contributed by atoms with Crippen molar-refractivity contribution in [1.82, 2.24) is 19.9 Å². The highest BCUT2D eigenvalue weighted by molar-refractivity contribution is 7.99. The van der Waals surface area contributed by atoms with E-state index in [0.29, 0.717) is 16.7 Å². The number of amides is 1. The average Bonchev–Trinajstić information content (AvgIpc) is 3.44. The summed E-state index contributed by atoms with van der Waals surface area (Å²) in [6.07, 6.45) is -0.998. The molecule has 0 fully saturated rings. The lowest BCUT2D eigenvalue weighted by Crippen LogP contribution is -2.30. The number of aromatic nitrogens is 4. The van der Waals surface area contributed by atoms with Crippen molar-refractivity contribution in [3.05, 3.63) is 72.5 Å². The predicted molar refractivity (Wildman–Crippen MR) is 123 cm³/mol. The Kier molecular flexibility index (Phi) is 6.84. The zero-order valence-electron chi connectivity index (χ0n) is 18.0. The number of para-hydroxylation sites is 1. The van der Waals surface area contributed by atoms with Crippen LogP contribution in [-0.4, -0.2) is 43.7 Å². The zero-order chi connectivity index (χ0) is 23.2. The van der Waals surface area contributed by atoms with Gasteiger partial charge in [0.2, 0.25) is 0 Å². The summed E-state index contributed by atoms with van der Waals surface area (Å²) in [5.74, 6) is 0.389. The van der Waals surface area contributed by atoms with Crippen LogP contribution >= 0.6 is 11.8 Å². The Bertz CT molecular complexity index is 1240. The molecule has 2 heterocycles. The van der Waals surface area contributed by atoms with Gasteiger partial charge in [0.15, 0.2) is 22.9 Å². The van der Waals surface area contributed by atoms with E-state index in [-0.39, 0.29) is 11.6 Å². The van der Waals surface area contributed by atoms with Gasteiger partial charge in [-0.1, -0.05) is 65.4 Å². The highest BCUT2D eigenvalue weighted by atomic mass is 32.2. The molecule has 4 rings (SSSR count). The molecule has 1 unspecified atom stereocenters. The molecule has 0 aliphatic rings. The molecule has 0 saturated carbocycles. The molecule has 0 bridgehead atoms. The highest BCUT2D eigenvalue weighted by Crippen LogP contribution is 2.28. The third-order valence-corrected chi connectivity index (χ3v) is 5.46. The van der Waals surface area contributed by atoms with Crippen molar-refractivity contribution in [3.63, 3.8) is 0 Å². The Morgan fingerprint density at radius 1 is 1.09 bits per heavy atom. The quantitative estimate of drug-likeness (QED) is 0.309. The third kappa shape index (κ3) is 5.47. The number of ether oxygens (including phenoxy) is 1. The molecule has 0 aliphatic carbocycles. The second kappa shape index (κ2) is 10.1. The van der Waals surface area contributed by atoms with Crippen molar-refractivity contribution < 1.29 is 18.8 Å². The molecule has 0 aliphatic heterocycles. The van der Waals surface area contributed by atoms with Crippen LogP contribution in [0.25, 0.3) is 17.1 Å². The Hall–Kier alpha value is -3.92. The molecule has 0 radical (unpaired) electrons. The number of esters is 1. The van der Waals surface area contributed by atoms with Gasteiger partial charge in [0.1, 0.15) is 5.76 Å². The van der Waals surface area contributed by atoms with Crippen LogP contribution in [0.1, 0.15) is 12.7 Å². The maximum atomic E-state index is 12.4. The standard InChI is InChI=1S/C23H21N5O4S/c1-15-13-19(27-32-15)24-22(30)16(2)31-20(29)14-33-23-26-25-21(17-9-5-3-6-10-17)28(23)18-11-7-4-8-12-18/h3-13,16H,14H2,1-2H3,(H,24,27,30). The van der Waals surface area contributed by atoms with E-state index < -0.39 is 18.0 Å². The van der Waals surface area contributed by atoms with E-state index in [1.54, 1.807) is 13.0 Å². The molecule has 0 spiro atoms. The van der Waals surface area contributed by atoms with E-state index in [0.717, 1.165) is 11.3 Å². The lowest BCUT2D eigenvalue weighted by atomic mass is 10.2.